The molecule has 0 aromatic heterocycles. The fourth-order valence-corrected chi connectivity index (χ4v) is 2.89. The molecule has 0 unspecified atom stereocenters. The first kappa shape index (κ1) is 15.6. The number of carboxylic acids is 1. The maximum atomic E-state index is 10.5. The van der Waals surface area contributed by atoms with Gasteiger partial charge in [-0.05, 0) is 42.5 Å². The number of anilines is 1. The molecule has 2 N–H and O–H groups in total. The van der Waals surface area contributed by atoms with Gasteiger partial charge in [-0.3, -0.25) is 0 Å². The lowest BCUT2D eigenvalue weighted by atomic mass is 9.91. The second kappa shape index (κ2) is 8.50. The van der Waals surface area contributed by atoms with E-state index in [1.54, 1.807) is 6.08 Å². The van der Waals surface area contributed by atoms with Crippen molar-refractivity contribution < 1.29 is 9.90 Å². The number of benzene rings is 1. The molecule has 1 fully saturated rings. The summed E-state index contributed by atoms with van der Waals surface area (Å²) in [5, 5.41) is 12.1. The van der Waals surface area contributed by atoms with Crippen LogP contribution in [0.2, 0.25) is 0 Å². The average Bonchev–Trinajstić information content (AvgIpc) is 2.45. The Labute approximate surface area is 127 Å². The van der Waals surface area contributed by atoms with Crippen LogP contribution < -0.4 is 5.32 Å². The smallest absolute Gasteiger partial charge is 0.328 e. The Morgan fingerprint density at radius 1 is 1.10 bits per heavy atom. The zero-order valence-electron chi connectivity index (χ0n) is 12.6. The Bertz CT molecular complexity index is 457. The van der Waals surface area contributed by atoms with Gasteiger partial charge in [0.25, 0.3) is 0 Å². The van der Waals surface area contributed by atoms with Gasteiger partial charge in [0.2, 0.25) is 0 Å². The fourth-order valence-electron chi connectivity index (χ4n) is 2.89. The zero-order valence-corrected chi connectivity index (χ0v) is 12.6. The minimum absolute atomic E-state index is 0.789. The molecule has 0 aliphatic heterocycles. The Kier molecular flexibility index (Phi) is 6.32. The van der Waals surface area contributed by atoms with E-state index in [0.717, 1.165) is 29.8 Å². The highest BCUT2D eigenvalue weighted by atomic mass is 16.4. The van der Waals surface area contributed by atoms with Gasteiger partial charge in [-0.2, -0.15) is 0 Å². The number of aliphatic carboxylic acids is 1. The van der Waals surface area contributed by atoms with Crippen molar-refractivity contribution >= 4 is 17.7 Å². The van der Waals surface area contributed by atoms with Crippen LogP contribution >= 0.6 is 0 Å². The van der Waals surface area contributed by atoms with Crippen LogP contribution in [0.5, 0.6) is 0 Å². The van der Waals surface area contributed by atoms with E-state index in [0.29, 0.717) is 0 Å². The minimum atomic E-state index is -0.915. The van der Waals surface area contributed by atoms with Crippen LogP contribution in [-0.4, -0.2) is 17.6 Å². The normalized spacial score (nSPS) is 17.3. The molecule has 0 saturated heterocycles. The molecule has 1 aliphatic rings. The summed E-state index contributed by atoms with van der Waals surface area (Å²) in [4.78, 5) is 10.5. The molecular weight excluding hydrogens is 262 g/mol. The standard InChI is InChI=1S/C18H25NO2/c20-18(21)13-10-15-8-11-17(12-9-15)19-14-16-6-4-2-1-3-5-7-16/h8-13,16,19H,1-7,14H2,(H,20,21). The third kappa shape index (κ3) is 6.03. The molecule has 2 rings (SSSR count). The summed E-state index contributed by atoms with van der Waals surface area (Å²) in [5.74, 6) is -0.127. The first-order chi connectivity index (χ1) is 10.2. The van der Waals surface area contributed by atoms with E-state index < -0.39 is 5.97 Å². The number of carboxylic acid groups (broad SMARTS) is 1. The van der Waals surface area contributed by atoms with Crippen LogP contribution in [-0.2, 0) is 4.79 Å². The van der Waals surface area contributed by atoms with E-state index >= 15 is 0 Å². The van der Waals surface area contributed by atoms with Crippen molar-refractivity contribution in [2.24, 2.45) is 5.92 Å². The number of hydrogen-bond acceptors (Lipinski definition) is 2. The topological polar surface area (TPSA) is 49.3 Å². The van der Waals surface area contributed by atoms with Gasteiger partial charge in [-0.1, -0.05) is 44.2 Å². The maximum absolute atomic E-state index is 10.5. The maximum Gasteiger partial charge on any atom is 0.328 e. The van der Waals surface area contributed by atoms with Gasteiger partial charge in [0.15, 0.2) is 0 Å². The summed E-state index contributed by atoms with van der Waals surface area (Å²) in [6.45, 7) is 1.05. The molecule has 3 nitrogen and oxygen atoms in total. The lowest BCUT2D eigenvalue weighted by Crippen LogP contribution is -2.15. The Balaban J connectivity index is 1.81. The fraction of sp³-hybridized carbons (Fsp3) is 0.500. The lowest BCUT2D eigenvalue weighted by molar-refractivity contribution is -0.131. The van der Waals surface area contributed by atoms with Crippen LogP contribution in [0.25, 0.3) is 6.08 Å². The predicted octanol–water partition coefficient (Wildman–Crippen LogP) is 4.56. The van der Waals surface area contributed by atoms with Crippen molar-refractivity contribution in [1.82, 2.24) is 0 Å². The van der Waals surface area contributed by atoms with Crippen LogP contribution in [0.4, 0.5) is 5.69 Å². The third-order valence-electron chi connectivity index (χ3n) is 4.15. The molecule has 0 bridgehead atoms. The van der Waals surface area contributed by atoms with Crippen LogP contribution in [0, 0.1) is 5.92 Å². The van der Waals surface area contributed by atoms with Gasteiger partial charge in [0, 0.05) is 18.3 Å². The first-order valence-electron chi connectivity index (χ1n) is 7.99. The van der Waals surface area contributed by atoms with Crippen LogP contribution in [0.3, 0.4) is 0 Å². The van der Waals surface area contributed by atoms with Crippen LogP contribution in [0.1, 0.15) is 50.5 Å². The summed E-state index contributed by atoms with van der Waals surface area (Å²) < 4.78 is 0. The Morgan fingerprint density at radius 3 is 2.33 bits per heavy atom. The van der Waals surface area contributed by atoms with Gasteiger partial charge >= 0.3 is 5.97 Å². The predicted molar refractivity (Wildman–Crippen MR) is 87.4 cm³/mol. The molecule has 21 heavy (non-hydrogen) atoms. The molecule has 1 saturated carbocycles. The quantitative estimate of drug-likeness (QED) is 0.781. The molecule has 0 amide bonds. The van der Waals surface area contributed by atoms with E-state index in [1.165, 1.54) is 44.9 Å². The molecule has 1 aromatic carbocycles. The van der Waals surface area contributed by atoms with Gasteiger partial charge in [-0.15, -0.1) is 0 Å². The molecule has 114 valence electrons. The molecular formula is C18H25NO2. The van der Waals surface area contributed by atoms with Gasteiger partial charge < -0.3 is 10.4 Å². The number of hydrogen-bond donors (Lipinski definition) is 2. The Morgan fingerprint density at radius 2 is 1.71 bits per heavy atom. The number of carbonyl (C=O) groups is 1. The van der Waals surface area contributed by atoms with Crippen molar-refractivity contribution in [3.05, 3.63) is 35.9 Å². The summed E-state index contributed by atoms with van der Waals surface area (Å²) >= 11 is 0. The van der Waals surface area contributed by atoms with Gasteiger partial charge in [0.05, 0.1) is 0 Å². The van der Waals surface area contributed by atoms with Crippen molar-refractivity contribution in [3.8, 4) is 0 Å². The van der Waals surface area contributed by atoms with E-state index in [1.807, 2.05) is 24.3 Å². The average molecular weight is 287 g/mol. The molecule has 0 radical (unpaired) electrons. The van der Waals surface area contributed by atoms with E-state index in [2.05, 4.69) is 5.32 Å². The summed E-state index contributed by atoms with van der Waals surface area (Å²) in [5.41, 5.74) is 2.03. The summed E-state index contributed by atoms with van der Waals surface area (Å²) in [7, 11) is 0. The Hall–Kier alpha value is -1.77. The van der Waals surface area contributed by atoms with Gasteiger partial charge in [-0.25, -0.2) is 4.79 Å². The van der Waals surface area contributed by atoms with Crippen molar-refractivity contribution in [1.29, 1.82) is 0 Å². The highest BCUT2D eigenvalue weighted by molar-refractivity contribution is 5.85. The molecule has 0 atom stereocenters. The second-order valence-corrected chi connectivity index (χ2v) is 5.89. The summed E-state index contributed by atoms with van der Waals surface area (Å²) in [6.07, 6.45) is 12.4. The molecule has 0 heterocycles. The highest BCUT2D eigenvalue weighted by Gasteiger charge is 2.10. The molecule has 1 aliphatic carbocycles. The zero-order chi connectivity index (χ0) is 14.9. The third-order valence-corrected chi connectivity index (χ3v) is 4.15. The van der Waals surface area contributed by atoms with Crippen molar-refractivity contribution in [2.75, 3.05) is 11.9 Å². The summed E-state index contributed by atoms with van der Waals surface area (Å²) in [6, 6.07) is 7.93. The van der Waals surface area contributed by atoms with Crippen molar-refractivity contribution in [3.63, 3.8) is 0 Å². The van der Waals surface area contributed by atoms with Gasteiger partial charge in [0.1, 0.15) is 0 Å². The molecule has 1 aromatic rings. The second-order valence-electron chi connectivity index (χ2n) is 5.89. The monoisotopic (exact) mass is 287 g/mol. The van der Waals surface area contributed by atoms with Crippen LogP contribution in [0.15, 0.2) is 30.3 Å². The van der Waals surface area contributed by atoms with E-state index in [4.69, 9.17) is 5.11 Å². The highest BCUT2D eigenvalue weighted by Crippen LogP contribution is 2.23. The number of rotatable bonds is 5. The van der Waals surface area contributed by atoms with E-state index in [-0.39, 0.29) is 0 Å². The van der Waals surface area contributed by atoms with E-state index in [9.17, 15) is 4.79 Å². The van der Waals surface area contributed by atoms with Crippen molar-refractivity contribution in [2.45, 2.75) is 44.9 Å². The largest absolute Gasteiger partial charge is 0.478 e. The minimum Gasteiger partial charge on any atom is -0.478 e. The number of nitrogens with one attached hydrogen (secondary N) is 1. The lowest BCUT2D eigenvalue weighted by Gasteiger charge is -2.20. The molecule has 0 spiro atoms. The SMILES string of the molecule is O=C(O)C=Cc1ccc(NCC2CCCCCCC2)cc1. The molecule has 3 heteroatoms. The first-order valence-corrected chi connectivity index (χ1v) is 7.99.